The highest BCUT2D eigenvalue weighted by Crippen LogP contribution is 2.46. The molecule has 0 radical (unpaired) electrons. The van der Waals surface area contributed by atoms with E-state index in [2.05, 4.69) is 30.8 Å². The van der Waals surface area contributed by atoms with Crippen LogP contribution in [0, 0.1) is 22.3 Å². The minimum absolute atomic E-state index is 0.0166. The summed E-state index contributed by atoms with van der Waals surface area (Å²) in [7, 11) is 0. The number of alkyl carbamates (subject to hydrolysis) is 1. The minimum Gasteiger partial charge on any atom is -0.446 e. The molecule has 0 aromatic rings. The lowest BCUT2D eigenvalue weighted by Crippen LogP contribution is -2.46. The number of rotatable bonds is 6. The summed E-state index contributed by atoms with van der Waals surface area (Å²) >= 11 is 0. The van der Waals surface area contributed by atoms with Crippen molar-refractivity contribution in [2.75, 3.05) is 13.2 Å². The van der Waals surface area contributed by atoms with Gasteiger partial charge in [-0.25, -0.2) is 9.59 Å². The molecule has 2 amide bonds. The Balaban J connectivity index is 2.50. The van der Waals surface area contributed by atoms with E-state index in [0.29, 0.717) is 13.0 Å². The van der Waals surface area contributed by atoms with Crippen LogP contribution in [0.1, 0.15) is 47.0 Å². The van der Waals surface area contributed by atoms with Gasteiger partial charge in [-0.3, -0.25) is 0 Å². The Morgan fingerprint density at radius 3 is 2.62 bits per heavy atom. The van der Waals surface area contributed by atoms with Gasteiger partial charge >= 0.3 is 12.2 Å². The van der Waals surface area contributed by atoms with Crippen molar-refractivity contribution in [3.05, 3.63) is 0 Å². The van der Waals surface area contributed by atoms with Crippen LogP contribution in [0.5, 0.6) is 0 Å². The second kappa shape index (κ2) is 8.08. The molecule has 1 aliphatic carbocycles. The number of nitrogens with zero attached hydrogens (tertiary/aromatic N) is 1. The second-order valence-electron chi connectivity index (χ2n) is 7.59. The summed E-state index contributed by atoms with van der Waals surface area (Å²) in [6.07, 6.45) is 1.91. The largest absolute Gasteiger partial charge is 0.446 e. The Morgan fingerprint density at radius 1 is 1.38 bits per heavy atom. The molecule has 3 N–H and O–H groups in total. The number of carbonyl (C=O) groups is 2. The summed E-state index contributed by atoms with van der Waals surface area (Å²) < 4.78 is 14.8. The van der Waals surface area contributed by atoms with Gasteiger partial charge in [0.25, 0.3) is 6.26 Å². The molecular weight excluding hydrogens is 314 g/mol. The quantitative estimate of drug-likeness (QED) is 0.714. The van der Waals surface area contributed by atoms with Crippen LogP contribution in [0.25, 0.3) is 0 Å². The first-order valence-corrected chi connectivity index (χ1v) is 7.97. The van der Waals surface area contributed by atoms with Gasteiger partial charge in [0.15, 0.2) is 0 Å². The maximum Gasteiger partial charge on any atom is 0.407 e. The highest BCUT2D eigenvalue weighted by atomic mass is 16.6. The first-order valence-electron chi connectivity index (χ1n) is 7.97. The Labute approximate surface area is 142 Å². The van der Waals surface area contributed by atoms with Gasteiger partial charge in [0.2, 0.25) is 0 Å². The van der Waals surface area contributed by atoms with E-state index < -0.39 is 18.3 Å². The number of amides is 2. The van der Waals surface area contributed by atoms with Gasteiger partial charge in [0, 0.05) is 6.54 Å². The molecule has 8 nitrogen and oxygen atoms in total. The van der Waals surface area contributed by atoms with Gasteiger partial charge in [-0.2, -0.15) is 5.26 Å². The average molecular weight is 341 g/mol. The highest BCUT2D eigenvalue weighted by molar-refractivity contribution is 5.67. The summed E-state index contributed by atoms with van der Waals surface area (Å²) in [5, 5.41) is 11.5. The van der Waals surface area contributed by atoms with E-state index in [1.807, 2.05) is 0 Å². The first kappa shape index (κ1) is 19.9. The first-order chi connectivity index (χ1) is 11.1. The van der Waals surface area contributed by atoms with Crippen molar-refractivity contribution in [1.29, 1.82) is 5.26 Å². The zero-order chi connectivity index (χ0) is 18.4. The van der Waals surface area contributed by atoms with E-state index in [9.17, 15) is 9.59 Å². The molecule has 0 aliphatic heterocycles. The Bertz CT molecular complexity index is 502. The molecule has 0 aromatic heterocycles. The molecule has 0 spiro atoms. The SMILES string of the molecule is CC(COC(N)=O)OC(=O)NCC1(C)CC(OC#N)CC(C)(C)C1. The van der Waals surface area contributed by atoms with Gasteiger partial charge in [-0.1, -0.05) is 20.8 Å². The molecule has 1 saturated carbocycles. The van der Waals surface area contributed by atoms with Crippen molar-refractivity contribution in [2.24, 2.45) is 16.6 Å². The standard InChI is InChI=1S/C16H27N3O5/c1-11(7-22-13(18)20)24-14(21)19-9-16(4)6-12(23-10-17)5-15(2,3)8-16/h11-12H,5-9H2,1-4H3,(H2,18,20)(H,19,21). The molecule has 1 fully saturated rings. The van der Waals surface area contributed by atoms with Gasteiger partial charge in [-0.05, 0) is 37.0 Å². The van der Waals surface area contributed by atoms with Gasteiger partial charge in [0.05, 0.1) is 0 Å². The Morgan fingerprint density at radius 2 is 2.04 bits per heavy atom. The van der Waals surface area contributed by atoms with E-state index >= 15 is 0 Å². The third-order valence-corrected chi connectivity index (χ3v) is 4.05. The topological polar surface area (TPSA) is 124 Å². The van der Waals surface area contributed by atoms with Gasteiger partial charge < -0.3 is 25.3 Å². The van der Waals surface area contributed by atoms with Crippen LogP contribution < -0.4 is 11.1 Å². The predicted molar refractivity (Wildman–Crippen MR) is 85.7 cm³/mol. The summed E-state index contributed by atoms with van der Waals surface area (Å²) in [6, 6.07) is 0. The van der Waals surface area contributed by atoms with Crippen LogP contribution in [0.2, 0.25) is 0 Å². The van der Waals surface area contributed by atoms with Crippen molar-refractivity contribution in [2.45, 2.75) is 59.2 Å². The van der Waals surface area contributed by atoms with Gasteiger partial charge in [0.1, 0.15) is 18.8 Å². The predicted octanol–water partition coefficient (Wildman–Crippen LogP) is 2.28. The molecule has 0 heterocycles. The highest BCUT2D eigenvalue weighted by Gasteiger charge is 2.42. The van der Waals surface area contributed by atoms with E-state index in [1.165, 1.54) is 0 Å². The van der Waals surface area contributed by atoms with E-state index in [1.54, 1.807) is 13.2 Å². The lowest BCUT2D eigenvalue weighted by Gasteiger charge is -2.45. The number of primary amides is 1. The molecular formula is C16H27N3O5. The number of nitriles is 1. The van der Waals surface area contributed by atoms with Crippen molar-refractivity contribution in [3.63, 3.8) is 0 Å². The van der Waals surface area contributed by atoms with Crippen LogP contribution in [0.4, 0.5) is 9.59 Å². The van der Waals surface area contributed by atoms with Crippen LogP contribution >= 0.6 is 0 Å². The molecule has 0 saturated heterocycles. The fourth-order valence-electron chi connectivity index (χ4n) is 3.57. The lowest BCUT2D eigenvalue weighted by atomic mass is 9.63. The second-order valence-corrected chi connectivity index (χ2v) is 7.59. The molecule has 24 heavy (non-hydrogen) atoms. The summed E-state index contributed by atoms with van der Waals surface area (Å²) in [6.45, 7) is 8.22. The Kier molecular flexibility index (Phi) is 6.70. The number of ether oxygens (including phenoxy) is 3. The average Bonchev–Trinajstić information content (AvgIpc) is 2.41. The van der Waals surface area contributed by atoms with Crippen LogP contribution in [0.3, 0.4) is 0 Å². The summed E-state index contributed by atoms with van der Waals surface area (Å²) in [5.74, 6) is 0. The zero-order valence-corrected chi connectivity index (χ0v) is 14.8. The summed E-state index contributed by atoms with van der Waals surface area (Å²) in [5.41, 5.74) is 4.67. The maximum atomic E-state index is 11.9. The normalized spacial score (nSPS) is 26.5. The third-order valence-electron chi connectivity index (χ3n) is 4.05. The zero-order valence-electron chi connectivity index (χ0n) is 14.8. The van der Waals surface area contributed by atoms with Gasteiger partial charge in [-0.15, -0.1) is 0 Å². The number of nitrogens with two attached hydrogens (primary N) is 1. The smallest absolute Gasteiger partial charge is 0.407 e. The fraction of sp³-hybridized carbons (Fsp3) is 0.812. The number of hydrogen-bond donors (Lipinski definition) is 2. The Hall–Kier alpha value is -2.17. The minimum atomic E-state index is -0.911. The third kappa shape index (κ3) is 6.94. The van der Waals surface area contributed by atoms with Crippen molar-refractivity contribution < 1.29 is 23.8 Å². The molecule has 0 bridgehead atoms. The van der Waals surface area contributed by atoms with E-state index in [0.717, 1.165) is 12.8 Å². The molecule has 3 unspecified atom stereocenters. The van der Waals surface area contributed by atoms with Crippen LogP contribution in [-0.4, -0.2) is 37.5 Å². The molecule has 3 atom stereocenters. The molecule has 0 aromatic carbocycles. The van der Waals surface area contributed by atoms with E-state index in [4.69, 9.17) is 20.5 Å². The van der Waals surface area contributed by atoms with Crippen molar-refractivity contribution in [1.82, 2.24) is 5.32 Å². The van der Waals surface area contributed by atoms with Crippen LogP contribution in [0.15, 0.2) is 0 Å². The molecule has 1 rings (SSSR count). The van der Waals surface area contributed by atoms with E-state index in [-0.39, 0.29) is 23.5 Å². The van der Waals surface area contributed by atoms with Crippen molar-refractivity contribution in [3.8, 4) is 6.26 Å². The van der Waals surface area contributed by atoms with Crippen molar-refractivity contribution >= 4 is 12.2 Å². The number of hydrogen-bond acceptors (Lipinski definition) is 6. The maximum absolute atomic E-state index is 11.9. The molecule has 136 valence electrons. The molecule has 8 heteroatoms. The lowest BCUT2D eigenvalue weighted by molar-refractivity contribution is -0.0119. The summed E-state index contributed by atoms with van der Waals surface area (Å²) in [4.78, 5) is 22.4. The fourth-order valence-corrected chi connectivity index (χ4v) is 3.57. The monoisotopic (exact) mass is 341 g/mol. The number of nitrogens with one attached hydrogen (secondary N) is 1. The number of carbonyl (C=O) groups excluding carboxylic acids is 2. The van der Waals surface area contributed by atoms with Crippen LogP contribution in [-0.2, 0) is 14.2 Å². The molecule has 1 aliphatic rings.